The summed E-state index contributed by atoms with van der Waals surface area (Å²) in [7, 11) is 0. The standard InChI is InChI=1S/C23H27FN4O2/c24-18-8-2-1-5-16(18)13-27-12-10-19-17(14-27)22(29)26-21(25-19)20-9-4-11-28(20)23(30)15-6-3-7-15/h1-2,5,8,15,20H,3-4,6-7,9-14H2,(H,25,26,29)/t20-/m0/s1. The van der Waals surface area contributed by atoms with E-state index in [2.05, 4.69) is 9.88 Å². The number of nitrogens with one attached hydrogen (secondary N) is 1. The number of amides is 1. The average Bonchev–Trinajstić information content (AvgIpc) is 3.19. The van der Waals surface area contributed by atoms with Crippen LogP contribution in [-0.4, -0.2) is 38.8 Å². The minimum Gasteiger partial charge on any atom is -0.332 e. The molecule has 0 spiro atoms. The third kappa shape index (κ3) is 3.55. The first-order valence-electron chi connectivity index (χ1n) is 11.0. The van der Waals surface area contributed by atoms with Crippen LogP contribution in [0.4, 0.5) is 4.39 Å². The Morgan fingerprint density at radius 3 is 2.77 bits per heavy atom. The van der Waals surface area contributed by atoms with Gasteiger partial charge in [0.25, 0.3) is 5.56 Å². The molecular weight excluding hydrogens is 383 g/mol. The van der Waals surface area contributed by atoms with Crippen molar-refractivity contribution in [1.29, 1.82) is 0 Å². The van der Waals surface area contributed by atoms with Gasteiger partial charge in [-0.15, -0.1) is 0 Å². The van der Waals surface area contributed by atoms with Gasteiger partial charge in [-0.1, -0.05) is 24.6 Å². The first-order chi connectivity index (χ1) is 14.6. The summed E-state index contributed by atoms with van der Waals surface area (Å²) in [5.41, 5.74) is 1.99. The number of hydrogen-bond acceptors (Lipinski definition) is 4. The first-order valence-corrected chi connectivity index (χ1v) is 11.0. The van der Waals surface area contributed by atoms with Crippen molar-refractivity contribution in [3.05, 3.63) is 63.1 Å². The largest absolute Gasteiger partial charge is 0.332 e. The van der Waals surface area contributed by atoms with Crippen LogP contribution in [0.25, 0.3) is 0 Å². The smallest absolute Gasteiger partial charge is 0.255 e. The summed E-state index contributed by atoms with van der Waals surface area (Å²) in [4.78, 5) is 37.5. The van der Waals surface area contributed by atoms with Gasteiger partial charge in [0.1, 0.15) is 11.6 Å². The highest BCUT2D eigenvalue weighted by molar-refractivity contribution is 5.80. The SMILES string of the molecule is O=C(C1CCC1)N1CCC[C@H]1c1nc2c(c(=O)[nH]1)CN(Cc1ccccc1F)CC2. The van der Waals surface area contributed by atoms with Gasteiger partial charge in [0.05, 0.1) is 17.3 Å². The molecule has 1 amide bonds. The van der Waals surface area contributed by atoms with Crippen molar-refractivity contribution in [1.82, 2.24) is 19.8 Å². The zero-order valence-corrected chi connectivity index (χ0v) is 17.1. The van der Waals surface area contributed by atoms with E-state index in [4.69, 9.17) is 4.98 Å². The van der Waals surface area contributed by atoms with Crippen LogP contribution in [0.2, 0.25) is 0 Å². The van der Waals surface area contributed by atoms with Gasteiger partial charge in [-0.05, 0) is 31.7 Å². The lowest BCUT2D eigenvalue weighted by Gasteiger charge is -2.33. The highest BCUT2D eigenvalue weighted by Crippen LogP contribution is 2.36. The normalized spacial score (nSPS) is 22.0. The second-order valence-electron chi connectivity index (χ2n) is 8.75. The Labute approximate surface area is 175 Å². The fraction of sp³-hybridized carbons (Fsp3) is 0.522. The molecule has 2 fully saturated rings. The molecular formula is C23H27FN4O2. The summed E-state index contributed by atoms with van der Waals surface area (Å²) >= 11 is 0. The predicted molar refractivity (Wildman–Crippen MR) is 110 cm³/mol. The van der Waals surface area contributed by atoms with E-state index in [1.165, 1.54) is 6.07 Å². The number of fused-ring (bicyclic) bond motifs is 1. The maximum absolute atomic E-state index is 14.0. The van der Waals surface area contributed by atoms with E-state index in [1.54, 1.807) is 12.1 Å². The third-order valence-electron chi connectivity index (χ3n) is 6.82. The minimum atomic E-state index is -0.219. The van der Waals surface area contributed by atoms with Crippen LogP contribution in [0.3, 0.4) is 0 Å². The van der Waals surface area contributed by atoms with Gasteiger partial charge in [0.2, 0.25) is 5.91 Å². The van der Waals surface area contributed by atoms with E-state index in [0.717, 1.165) is 50.9 Å². The van der Waals surface area contributed by atoms with Gasteiger partial charge < -0.3 is 9.88 Å². The Morgan fingerprint density at radius 2 is 2.00 bits per heavy atom. The van der Waals surface area contributed by atoms with E-state index in [-0.39, 0.29) is 29.2 Å². The van der Waals surface area contributed by atoms with Crippen molar-refractivity contribution in [3.8, 4) is 0 Å². The Kier molecular flexibility index (Phi) is 5.15. The van der Waals surface area contributed by atoms with Gasteiger partial charge in [0.15, 0.2) is 0 Å². The number of aromatic amines is 1. The first kappa shape index (κ1) is 19.4. The number of aromatic nitrogens is 2. The van der Waals surface area contributed by atoms with Gasteiger partial charge in [0, 0.05) is 44.1 Å². The summed E-state index contributed by atoms with van der Waals surface area (Å²) < 4.78 is 14.0. The van der Waals surface area contributed by atoms with Crippen LogP contribution < -0.4 is 5.56 Å². The predicted octanol–water partition coefficient (Wildman–Crippen LogP) is 2.93. The molecule has 1 saturated heterocycles. The van der Waals surface area contributed by atoms with Gasteiger partial charge in [-0.25, -0.2) is 9.37 Å². The van der Waals surface area contributed by atoms with Gasteiger partial charge in [-0.3, -0.25) is 14.5 Å². The second kappa shape index (κ2) is 7.95. The Bertz CT molecular complexity index is 1020. The zero-order chi connectivity index (χ0) is 20.7. The monoisotopic (exact) mass is 410 g/mol. The molecule has 2 aliphatic heterocycles. The average molecular weight is 410 g/mol. The van der Waals surface area contributed by atoms with Crippen molar-refractivity contribution < 1.29 is 9.18 Å². The molecule has 1 atom stereocenters. The summed E-state index contributed by atoms with van der Waals surface area (Å²) in [6.45, 7) is 2.41. The van der Waals surface area contributed by atoms with Crippen molar-refractivity contribution in [3.63, 3.8) is 0 Å². The van der Waals surface area contributed by atoms with Crippen LogP contribution in [0.1, 0.15) is 60.8 Å². The van der Waals surface area contributed by atoms with Crippen LogP contribution in [-0.2, 0) is 24.3 Å². The number of H-pyrrole nitrogens is 1. The Hall–Kier alpha value is -2.54. The second-order valence-corrected chi connectivity index (χ2v) is 8.75. The molecule has 5 rings (SSSR count). The lowest BCUT2D eigenvalue weighted by molar-refractivity contribution is -0.139. The van der Waals surface area contributed by atoms with Crippen molar-refractivity contribution >= 4 is 5.91 Å². The number of carbonyl (C=O) groups is 1. The van der Waals surface area contributed by atoms with Crippen LogP contribution in [0.15, 0.2) is 29.1 Å². The zero-order valence-electron chi connectivity index (χ0n) is 17.1. The molecule has 1 aromatic carbocycles. The Balaban J connectivity index is 1.35. The van der Waals surface area contributed by atoms with E-state index in [0.29, 0.717) is 36.5 Å². The van der Waals surface area contributed by atoms with Gasteiger partial charge >= 0.3 is 0 Å². The number of nitrogens with zero attached hydrogens (tertiary/aromatic N) is 3. The molecule has 6 nitrogen and oxygen atoms in total. The molecule has 30 heavy (non-hydrogen) atoms. The number of halogens is 1. The van der Waals surface area contributed by atoms with Crippen molar-refractivity contribution in [2.75, 3.05) is 13.1 Å². The summed E-state index contributed by atoms with van der Waals surface area (Å²) in [5, 5.41) is 0. The third-order valence-corrected chi connectivity index (χ3v) is 6.82. The topological polar surface area (TPSA) is 69.3 Å². The van der Waals surface area contributed by atoms with Gasteiger partial charge in [-0.2, -0.15) is 0 Å². The molecule has 1 aliphatic carbocycles. The fourth-order valence-corrected chi connectivity index (χ4v) is 4.86. The van der Waals surface area contributed by atoms with Crippen molar-refractivity contribution in [2.24, 2.45) is 5.92 Å². The number of rotatable bonds is 4. The fourth-order valence-electron chi connectivity index (χ4n) is 4.86. The number of carbonyl (C=O) groups excluding carboxylic acids is 1. The highest BCUT2D eigenvalue weighted by Gasteiger charge is 2.37. The van der Waals surface area contributed by atoms with Crippen LogP contribution in [0, 0.1) is 11.7 Å². The molecule has 7 heteroatoms. The number of hydrogen-bond donors (Lipinski definition) is 1. The number of benzene rings is 1. The molecule has 0 radical (unpaired) electrons. The molecule has 1 saturated carbocycles. The summed E-state index contributed by atoms with van der Waals surface area (Å²) in [6.07, 6.45) is 5.54. The Morgan fingerprint density at radius 1 is 1.17 bits per heavy atom. The van der Waals surface area contributed by atoms with E-state index < -0.39 is 0 Å². The van der Waals surface area contributed by atoms with E-state index >= 15 is 0 Å². The van der Waals surface area contributed by atoms with Crippen LogP contribution in [0.5, 0.6) is 0 Å². The maximum atomic E-state index is 14.0. The molecule has 1 N–H and O–H groups in total. The van der Waals surface area contributed by atoms with Crippen LogP contribution >= 0.6 is 0 Å². The van der Waals surface area contributed by atoms with Crippen molar-refractivity contribution in [2.45, 2.75) is 57.7 Å². The van der Waals surface area contributed by atoms with E-state index in [9.17, 15) is 14.0 Å². The number of likely N-dealkylation sites (tertiary alicyclic amines) is 1. The maximum Gasteiger partial charge on any atom is 0.255 e. The quantitative estimate of drug-likeness (QED) is 0.842. The highest BCUT2D eigenvalue weighted by atomic mass is 19.1. The molecule has 0 unspecified atom stereocenters. The molecule has 1 aromatic heterocycles. The lowest BCUT2D eigenvalue weighted by Crippen LogP contribution is -2.40. The summed E-state index contributed by atoms with van der Waals surface area (Å²) in [6, 6.07) is 6.64. The van der Waals surface area contributed by atoms with E-state index in [1.807, 2.05) is 11.0 Å². The molecule has 0 bridgehead atoms. The minimum absolute atomic E-state index is 0.118. The lowest BCUT2D eigenvalue weighted by atomic mass is 9.84. The summed E-state index contributed by atoms with van der Waals surface area (Å²) in [5.74, 6) is 0.789. The molecule has 3 aliphatic rings. The molecule has 158 valence electrons. The molecule has 3 heterocycles. The molecule has 2 aromatic rings.